The van der Waals surface area contributed by atoms with E-state index in [0.717, 1.165) is 16.6 Å². The van der Waals surface area contributed by atoms with Crippen molar-refractivity contribution in [3.8, 4) is 0 Å². The number of aromatic nitrogens is 2. The molecule has 5 nitrogen and oxygen atoms in total. The highest BCUT2D eigenvalue weighted by atomic mass is 79.9. The predicted molar refractivity (Wildman–Crippen MR) is 66.8 cm³/mol. The highest BCUT2D eigenvalue weighted by Gasteiger charge is 2.19. The molecule has 2 N–H and O–H groups in total. The standard InChI is InChI=1S/C9H16BrN3O2S/c1-3-7-9(10)8(13(2)12-7)6-16(14,15)5-4-11/h3-6,11H2,1-2H3. The summed E-state index contributed by atoms with van der Waals surface area (Å²) in [6, 6.07) is 0. The SMILES string of the molecule is CCc1nn(C)c(CS(=O)(=O)CCN)c1Br. The maximum Gasteiger partial charge on any atom is 0.157 e. The Balaban J connectivity index is 3.02. The molecule has 0 atom stereocenters. The monoisotopic (exact) mass is 309 g/mol. The number of aryl methyl sites for hydroxylation is 2. The molecule has 16 heavy (non-hydrogen) atoms. The van der Waals surface area contributed by atoms with Crippen molar-refractivity contribution in [2.24, 2.45) is 12.8 Å². The average Bonchev–Trinajstić information content (AvgIpc) is 2.45. The summed E-state index contributed by atoms with van der Waals surface area (Å²) in [5, 5.41) is 4.25. The van der Waals surface area contributed by atoms with Crippen LogP contribution in [0.15, 0.2) is 4.47 Å². The summed E-state index contributed by atoms with van der Waals surface area (Å²) in [6.45, 7) is 2.13. The van der Waals surface area contributed by atoms with Crippen LogP contribution in [0.2, 0.25) is 0 Å². The molecule has 0 aliphatic rings. The number of rotatable bonds is 5. The van der Waals surface area contributed by atoms with Crippen LogP contribution < -0.4 is 5.73 Å². The zero-order valence-electron chi connectivity index (χ0n) is 9.40. The number of sulfone groups is 1. The van der Waals surface area contributed by atoms with E-state index in [1.807, 2.05) is 6.92 Å². The number of halogens is 1. The summed E-state index contributed by atoms with van der Waals surface area (Å²) in [6.07, 6.45) is 0.769. The number of hydrogen-bond acceptors (Lipinski definition) is 4. The smallest absolute Gasteiger partial charge is 0.157 e. The van der Waals surface area contributed by atoms with Gasteiger partial charge in [-0.15, -0.1) is 0 Å². The Hall–Kier alpha value is -0.400. The van der Waals surface area contributed by atoms with Gasteiger partial charge in [0, 0.05) is 13.6 Å². The second kappa shape index (κ2) is 5.29. The molecule has 0 amide bonds. The van der Waals surface area contributed by atoms with Gasteiger partial charge in [-0.05, 0) is 22.4 Å². The molecule has 0 saturated carbocycles. The third-order valence-electron chi connectivity index (χ3n) is 2.29. The van der Waals surface area contributed by atoms with Crippen LogP contribution in [0.1, 0.15) is 18.3 Å². The van der Waals surface area contributed by atoms with Crippen LogP contribution in [0, 0.1) is 0 Å². The van der Waals surface area contributed by atoms with E-state index in [1.54, 1.807) is 11.7 Å². The molecule has 0 radical (unpaired) electrons. The molecule has 0 unspecified atom stereocenters. The molecule has 0 aliphatic carbocycles. The van der Waals surface area contributed by atoms with Crippen LogP contribution in [0.5, 0.6) is 0 Å². The Morgan fingerprint density at radius 1 is 1.50 bits per heavy atom. The van der Waals surface area contributed by atoms with Crippen molar-refractivity contribution in [3.63, 3.8) is 0 Å². The van der Waals surface area contributed by atoms with E-state index >= 15 is 0 Å². The van der Waals surface area contributed by atoms with E-state index in [2.05, 4.69) is 21.0 Å². The Bertz CT molecular complexity index is 467. The molecule has 1 aromatic heterocycles. The highest BCUT2D eigenvalue weighted by Crippen LogP contribution is 2.23. The predicted octanol–water partition coefficient (Wildman–Crippen LogP) is 0.619. The Labute approximate surface area is 104 Å². The first-order chi connectivity index (χ1) is 7.41. The lowest BCUT2D eigenvalue weighted by atomic mass is 10.3. The Morgan fingerprint density at radius 3 is 2.56 bits per heavy atom. The van der Waals surface area contributed by atoms with E-state index in [0.29, 0.717) is 5.69 Å². The van der Waals surface area contributed by atoms with E-state index in [1.165, 1.54) is 0 Å². The van der Waals surface area contributed by atoms with Crippen molar-refractivity contribution in [1.82, 2.24) is 9.78 Å². The van der Waals surface area contributed by atoms with Crippen molar-refractivity contribution in [2.45, 2.75) is 19.1 Å². The lowest BCUT2D eigenvalue weighted by molar-refractivity contribution is 0.591. The fourth-order valence-corrected chi connectivity index (χ4v) is 3.63. The van der Waals surface area contributed by atoms with Crippen molar-refractivity contribution >= 4 is 25.8 Å². The molecule has 7 heteroatoms. The molecule has 1 rings (SSSR count). The van der Waals surface area contributed by atoms with Gasteiger partial charge in [-0.1, -0.05) is 6.92 Å². The van der Waals surface area contributed by atoms with Gasteiger partial charge in [0.1, 0.15) is 0 Å². The molecule has 0 spiro atoms. The summed E-state index contributed by atoms with van der Waals surface area (Å²) >= 11 is 3.39. The minimum Gasteiger partial charge on any atom is -0.329 e. The summed E-state index contributed by atoms with van der Waals surface area (Å²) in [5.41, 5.74) is 6.82. The molecule has 0 aliphatic heterocycles. The normalized spacial score (nSPS) is 12.0. The molecule has 0 saturated heterocycles. The lowest BCUT2D eigenvalue weighted by Gasteiger charge is -2.04. The van der Waals surface area contributed by atoms with Crippen LogP contribution in [-0.2, 0) is 29.1 Å². The topological polar surface area (TPSA) is 78.0 Å². The molecular formula is C9H16BrN3O2S. The van der Waals surface area contributed by atoms with Crippen molar-refractivity contribution in [3.05, 3.63) is 15.9 Å². The second-order valence-corrected chi connectivity index (χ2v) is 6.54. The van der Waals surface area contributed by atoms with E-state index in [9.17, 15) is 8.42 Å². The highest BCUT2D eigenvalue weighted by molar-refractivity contribution is 9.10. The molecule has 1 heterocycles. The summed E-state index contributed by atoms with van der Waals surface area (Å²) in [5.74, 6) is -0.0135. The van der Waals surface area contributed by atoms with Gasteiger partial charge in [0.05, 0.1) is 27.4 Å². The molecule has 92 valence electrons. The van der Waals surface area contributed by atoms with Crippen LogP contribution in [0.4, 0.5) is 0 Å². The number of nitrogens with two attached hydrogens (primary N) is 1. The van der Waals surface area contributed by atoms with Gasteiger partial charge in [-0.3, -0.25) is 4.68 Å². The Kier molecular flexibility index (Phi) is 4.52. The second-order valence-electron chi connectivity index (χ2n) is 3.57. The number of hydrogen-bond donors (Lipinski definition) is 1. The lowest BCUT2D eigenvalue weighted by Crippen LogP contribution is -2.18. The largest absolute Gasteiger partial charge is 0.329 e. The minimum atomic E-state index is -3.14. The molecule has 0 fully saturated rings. The quantitative estimate of drug-likeness (QED) is 0.865. The number of nitrogens with zero attached hydrogens (tertiary/aromatic N) is 2. The average molecular weight is 310 g/mol. The molecule has 1 aromatic rings. The first kappa shape index (κ1) is 13.7. The summed E-state index contributed by atoms with van der Waals surface area (Å²) in [7, 11) is -1.39. The van der Waals surface area contributed by atoms with E-state index < -0.39 is 9.84 Å². The van der Waals surface area contributed by atoms with Crippen LogP contribution >= 0.6 is 15.9 Å². The fourth-order valence-electron chi connectivity index (χ4n) is 1.44. The van der Waals surface area contributed by atoms with Crippen LogP contribution in [-0.4, -0.2) is 30.5 Å². The van der Waals surface area contributed by atoms with Gasteiger partial charge in [-0.25, -0.2) is 8.42 Å². The van der Waals surface area contributed by atoms with Crippen LogP contribution in [0.3, 0.4) is 0 Å². The van der Waals surface area contributed by atoms with Gasteiger partial charge in [-0.2, -0.15) is 5.10 Å². The van der Waals surface area contributed by atoms with Crippen molar-refractivity contribution in [2.75, 3.05) is 12.3 Å². The zero-order valence-corrected chi connectivity index (χ0v) is 11.8. The zero-order chi connectivity index (χ0) is 12.3. The first-order valence-corrected chi connectivity index (χ1v) is 7.63. The fraction of sp³-hybridized carbons (Fsp3) is 0.667. The van der Waals surface area contributed by atoms with Gasteiger partial charge in [0.25, 0.3) is 0 Å². The van der Waals surface area contributed by atoms with E-state index in [-0.39, 0.29) is 18.1 Å². The van der Waals surface area contributed by atoms with E-state index in [4.69, 9.17) is 5.73 Å². The molecule has 0 bridgehead atoms. The first-order valence-electron chi connectivity index (χ1n) is 5.02. The van der Waals surface area contributed by atoms with Crippen LogP contribution in [0.25, 0.3) is 0 Å². The van der Waals surface area contributed by atoms with Gasteiger partial charge in [0.2, 0.25) is 0 Å². The van der Waals surface area contributed by atoms with Crippen molar-refractivity contribution < 1.29 is 8.42 Å². The third-order valence-corrected chi connectivity index (χ3v) is 4.77. The van der Waals surface area contributed by atoms with Gasteiger partial charge < -0.3 is 5.73 Å². The summed E-state index contributed by atoms with van der Waals surface area (Å²) < 4.78 is 25.7. The third kappa shape index (κ3) is 3.05. The summed E-state index contributed by atoms with van der Waals surface area (Å²) in [4.78, 5) is 0. The molecule has 0 aromatic carbocycles. The van der Waals surface area contributed by atoms with Crippen molar-refractivity contribution in [1.29, 1.82) is 0 Å². The molecular weight excluding hydrogens is 294 g/mol. The maximum atomic E-state index is 11.7. The van der Waals surface area contributed by atoms with Gasteiger partial charge >= 0.3 is 0 Å². The van der Waals surface area contributed by atoms with Gasteiger partial charge in [0.15, 0.2) is 9.84 Å². The Morgan fingerprint density at radius 2 is 2.12 bits per heavy atom. The maximum absolute atomic E-state index is 11.7. The minimum absolute atomic E-state index is 0.00603.